The Balaban J connectivity index is 1.66. The van der Waals surface area contributed by atoms with Crippen LogP contribution in [-0.2, 0) is 0 Å². The van der Waals surface area contributed by atoms with Crippen molar-refractivity contribution < 1.29 is 4.79 Å². The fourth-order valence-corrected chi connectivity index (χ4v) is 3.53. The Hall–Kier alpha value is -4.27. The number of hydrogen-bond acceptors (Lipinski definition) is 6. The molecule has 0 aliphatic carbocycles. The first kappa shape index (κ1) is 17.8. The van der Waals surface area contributed by atoms with Crippen molar-refractivity contribution in [3.05, 3.63) is 72.6 Å². The Bertz CT molecular complexity index is 1370. The highest BCUT2D eigenvalue weighted by Crippen LogP contribution is 2.28. The van der Waals surface area contributed by atoms with Crippen molar-refractivity contribution in [1.29, 1.82) is 0 Å². The van der Waals surface area contributed by atoms with Crippen molar-refractivity contribution in [3.8, 4) is 5.69 Å². The molecule has 0 saturated heterocycles. The van der Waals surface area contributed by atoms with E-state index in [1.54, 1.807) is 18.5 Å². The largest absolute Gasteiger partial charge is 0.366 e. The van der Waals surface area contributed by atoms with Gasteiger partial charge >= 0.3 is 0 Å². The summed E-state index contributed by atoms with van der Waals surface area (Å²) in [6, 6.07) is 14.9. The van der Waals surface area contributed by atoms with E-state index in [9.17, 15) is 4.79 Å². The number of H-pyrrole nitrogens is 1. The monoisotopic (exact) mass is 398 g/mol. The number of amides is 1. The summed E-state index contributed by atoms with van der Waals surface area (Å²) >= 11 is 0. The molecule has 9 heteroatoms. The highest BCUT2D eigenvalue weighted by molar-refractivity contribution is 5.96. The zero-order valence-electron chi connectivity index (χ0n) is 16.1. The van der Waals surface area contributed by atoms with Gasteiger partial charge in [-0.3, -0.25) is 9.36 Å². The van der Waals surface area contributed by atoms with Crippen molar-refractivity contribution >= 4 is 33.9 Å². The number of para-hydroxylation sites is 1. The predicted octanol–water partition coefficient (Wildman–Crippen LogP) is 2.96. The summed E-state index contributed by atoms with van der Waals surface area (Å²) in [5.74, 6) is 0.894. The van der Waals surface area contributed by atoms with Crippen molar-refractivity contribution in [2.45, 2.75) is 13.0 Å². The number of nitrogens with two attached hydrogens (primary N) is 1. The minimum absolute atomic E-state index is 0.218. The standard InChI is InChI=1S/C21H18N8O/c1-12(27-20-17-19(24-10-23-17)25-11-26-20)21-28-15-8-7-13(18(22)30)9-16(15)29(21)14-5-3-2-4-6-14/h2-12H,1H3,(H2,22,30)(H2,23,24,25,26,27)/t12-/m0/s1. The second-order valence-corrected chi connectivity index (χ2v) is 6.90. The van der Waals surface area contributed by atoms with Gasteiger partial charge in [0, 0.05) is 11.3 Å². The predicted molar refractivity (Wildman–Crippen MR) is 113 cm³/mol. The van der Waals surface area contributed by atoms with E-state index in [2.05, 4.69) is 25.3 Å². The van der Waals surface area contributed by atoms with E-state index in [1.165, 1.54) is 6.33 Å². The first-order valence-electron chi connectivity index (χ1n) is 9.40. The molecule has 9 nitrogen and oxygen atoms in total. The summed E-state index contributed by atoms with van der Waals surface area (Å²) in [4.78, 5) is 32.3. The minimum Gasteiger partial charge on any atom is -0.366 e. The molecule has 30 heavy (non-hydrogen) atoms. The number of imidazole rings is 2. The number of carbonyl (C=O) groups excluding carboxylic acids is 1. The van der Waals surface area contributed by atoms with E-state index in [1.807, 2.05) is 47.9 Å². The third kappa shape index (κ3) is 2.93. The average molecular weight is 398 g/mol. The van der Waals surface area contributed by atoms with E-state index >= 15 is 0 Å². The minimum atomic E-state index is -0.479. The van der Waals surface area contributed by atoms with Gasteiger partial charge in [-0.25, -0.2) is 19.9 Å². The Kier molecular flexibility index (Phi) is 4.13. The van der Waals surface area contributed by atoms with Crippen molar-refractivity contribution in [2.75, 3.05) is 5.32 Å². The van der Waals surface area contributed by atoms with Gasteiger partial charge in [0.05, 0.1) is 23.4 Å². The fourth-order valence-electron chi connectivity index (χ4n) is 3.53. The van der Waals surface area contributed by atoms with Crippen molar-refractivity contribution in [1.82, 2.24) is 29.5 Å². The number of primary amides is 1. The molecule has 2 aromatic carbocycles. The van der Waals surface area contributed by atoms with Gasteiger partial charge in [0.1, 0.15) is 17.7 Å². The van der Waals surface area contributed by atoms with E-state index in [0.29, 0.717) is 22.5 Å². The van der Waals surface area contributed by atoms with Crippen LogP contribution in [0.1, 0.15) is 29.1 Å². The molecule has 0 bridgehead atoms. The summed E-state index contributed by atoms with van der Waals surface area (Å²) in [6.07, 6.45) is 3.06. The molecule has 0 aliphatic heterocycles. The molecule has 3 heterocycles. The molecule has 5 aromatic rings. The van der Waals surface area contributed by atoms with Gasteiger partial charge in [0.2, 0.25) is 5.91 Å². The first-order valence-corrected chi connectivity index (χ1v) is 9.40. The lowest BCUT2D eigenvalue weighted by atomic mass is 10.2. The van der Waals surface area contributed by atoms with Gasteiger partial charge in [0.15, 0.2) is 11.5 Å². The molecular weight excluding hydrogens is 380 g/mol. The zero-order chi connectivity index (χ0) is 20.7. The van der Waals surface area contributed by atoms with Crippen molar-refractivity contribution in [2.24, 2.45) is 5.73 Å². The van der Waals surface area contributed by atoms with Crippen LogP contribution in [0.25, 0.3) is 27.9 Å². The highest BCUT2D eigenvalue weighted by Gasteiger charge is 2.20. The molecule has 4 N–H and O–H groups in total. The third-order valence-electron chi connectivity index (χ3n) is 4.94. The van der Waals surface area contributed by atoms with Crippen LogP contribution in [0.2, 0.25) is 0 Å². The van der Waals surface area contributed by atoms with E-state index in [-0.39, 0.29) is 6.04 Å². The Morgan fingerprint density at radius 1 is 1.13 bits per heavy atom. The SMILES string of the molecule is C[C@H](Nc1ncnc2[nH]cnc12)c1nc2ccc(C(N)=O)cc2n1-c1ccccc1. The molecule has 0 aliphatic rings. The lowest BCUT2D eigenvalue weighted by Gasteiger charge is -2.17. The van der Waals surface area contributed by atoms with Gasteiger partial charge in [-0.15, -0.1) is 0 Å². The summed E-state index contributed by atoms with van der Waals surface area (Å²) in [6.45, 7) is 2.00. The van der Waals surface area contributed by atoms with Crippen LogP contribution in [0, 0.1) is 0 Å². The fraction of sp³-hybridized carbons (Fsp3) is 0.0952. The molecule has 5 rings (SSSR count). The van der Waals surface area contributed by atoms with E-state index in [4.69, 9.17) is 10.7 Å². The summed E-state index contributed by atoms with van der Waals surface area (Å²) < 4.78 is 2.02. The number of fused-ring (bicyclic) bond motifs is 2. The number of hydrogen-bond donors (Lipinski definition) is 3. The topological polar surface area (TPSA) is 127 Å². The molecule has 0 saturated carbocycles. The van der Waals surface area contributed by atoms with E-state index in [0.717, 1.165) is 22.5 Å². The Morgan fingerprint density at radius 2 is 1.97 bits per heavy atom. The molecule has 1 atom stereocenters. The molecule has 0 spiro atoms. The second-order valence-electron chi connectivity index (χ2n) is 6.90. The van der Waals surface area contributed by atoms with Crippen LogP contribution in [-0.4, -0.2) is 35.4 Å². The maximum atomic E-state index is 11.7. The van der Waals surface area contributed by atoms with E-state index < -0.39 is 5.91 Å². The van der Waals surface area contributed by atoms with Crippen LogP contribution in [0.3, 0.4) is 0 Å². The van der Waals surface area contributed by atoms with Crippen LogP contribution >= 0.6 is 0 Å². The summed E-state index contributed by atoms with van der Waals surface area (Å²) in [7, 11) is 0. The number of nitrogens with one attached hydrogen (secondary N) is 2. The molecule has 3 aromatic heterocycles. The van der Waals surface area contributed by atoms with Gasteiger partial charge < -0.3 is 16.0 Å². The number of aromatic amines is 1. The zero-order valence-corrected chi connectivity index (χ0v) is 16.1. The van der Waals surface area contributed by atoms with Gasteiger partial charge in [-0.2, -0.15) is 0 Å². The lowest BCUT2D eigenvalue weighted by Crippen LogP contribution is -2.14. The van der Waals surface area contributed by atoms with Gasteiger partial charge in [-0.1, -0.05) is 18.2 Å². The Morgan fingerprint density at radius 3 is 2.77 bits per heavy atom. The molecular formula is C21H18N8O. The van der Waals surface area contributed by atoms with Gasteiger partial charge in [0.25, 0.3) is 0 Å². The number of rotatable bonds is 5. The van der Waals surface area contributed by atoms with Crippen LogP contribution in [0.15, 0.2) is 61.2 Å². The highest BCUT2D eigenvalue weighted by atomic mass is 16.1. The number of carbonyl (C=O) groups is 1. The smallest absolute Gasteiger partial charge is 0.248 e. The number of nitrogens with zero attached hydrogens (tertiary/aromatic N) is 5. The average Bonchev–Trinajstić information content (AvgIpc) is 3.39. The number of anilines is 1. The first-order chi connectivity index (χ1) is 14.6. The van der Waals surface area contributed by atoms with Crippen LogP contribution in [0.4, 0.5) is 5.82 Å². The molecule has 1 amide bonds. The summed E-state index contributed by atoms with van der Waals surface area (Å²) in [5, 5.41) is 3.39. The maximum absolute atomic E-state index is 11.7. The van der Waals surface area contributed by atoms with Crippen LogP contribution < -0.4 is 11.1 Å². The molecule has 148 valence electrons. The van der Waals surface area contributed by atoms with Crippen LogP contribution in [0.5, 0.6) is 0 Å². The molecule has 0 unspecified atom stereocenters. The third-order valence-corrected chi connectivity index (χ3v) is 4.94. The molecule has 0 radical (unpaired) electrons. The maximum Gasteiger partial charge on any atom is 0.248 e. The molecule has 0 fully saturated rings. The second kappa shape index (κ2) is 6.96. The normalized spacial score (nSPS) is 12.3. The summed E-state index contributed by atoms with van der Waals surface area (Å²) in [5.41, 5.74) is 9.73. The lowest BCUT2D eigenvalue weighted by molar-refractivity contribution is 0.100. The number of benzene rings is 2. The number of aromatic nitrogens is 6. The van der Waals surface area contributed by atoms with Crippen molar-refractivity contribution in [3.63, 3.8) is 0 Å². The van der Waals surface area contributed by atoms with Gasteiger partial charge in [-0.05, 0) is 37.3 Å². The quantitative estimate of drug-likeness (QED) is 0.418. The Labute approximate surface area is 171 Å².